The maximum atomic E-state index is 5.19. The fourth-order valence-corrected chi connectivity index (χ4v) is 1.44. The number of hydrogen-bond donors (Lipinski definition) is 2. The Bertz CT molecular complexity index is 211. The fraction of sp³-hybridized carbons (Fsp3) is 0.917. The average molecular weight is 262 g/mol. The first-order chi connectivity index (χ1) is 8.02. The molecule has 2 N–H and O–H groups in total. The Hall–Kier alpha value is -0.390. The molecule has 0 aromatic carbocycles. The smallest absolute Gasteiger partial charge is 0.166 e. The molecule has 0 unspecified atom stereocenters. The van der Waals surface area contributed by atoms with Gasteiger partial charge in [0.15, 0.2) is 5.11 Å². The first-order valence-corrected chi connectivity index (χ1v) is 6.42. The van der Waals surface area contributed by atoms with Crippen LogP contribution < -0.4 is 10.6 Å². The molecule has 0 aromatic heterocycles. The molecule has 0 amide bonds. The largest absolute Gasteiger partial charge is 0.385 e. The molecule has 0 saturated heterocycles. The molecule has 0 radical (unpaired) electrons. The van der Waals surface area contributed by atoms with Crippen LogP contribution in [0.1, 0.15) is 26.7 Å². The van der Waals surface area contributed by atoms with Crippen LogP contribution in [-0.4, -0.2) is 45.6 Å². The number of ether oxygens (including phenoxy) is 2. The molecule has 0 fully saturated rings. The summed E-state index contributed by atoms with van der Waals surface area (Å²) in [7, 11) is 3.43. The van der Waals surface area contributed by atoms with Gasteiger partial charge in [0, 0.05) is 40.5 Å². The molecule has 0 aliphatic carbocycles. The van der Waals surface area contributed by atoms with Gasteiger partial charge < -0.3 is 20.1 Å². The quantitative estimate of drug-likeness (QED) is 0.487. The minimum absolute atomic E-state index is 0.189. The van der Waals surface area contributed by atoms with Crippen LogP contribution in [0, 0.1) is 5.41 Å². The number of methoxy groups -OCH3 is 2. The Morgan fingerprint density at radius 3 is 2.35 bits per heavy atom. The highest BCUT2D eigenvalue weighted by Crippen LogP contribution is 2.18. The lowest BCUT2D eigenvalue weighted by Gasteiger charge is -2.25. The topological polar surface area (TPSA) is 42.5 Å². The van der Waals surface area contributed by atoms with E-state index in [1.54, 1.807) is 14.2 Å². The Kier molecular flexibility index (Phi) is 9.40. The third-order valence-electron chi connectivity index (χ3n) is 2.52. The number of rotatable bonds is 9. The van der Waals surface area contributed by atoms with Crippen molar-refractivity contribution in [2.75, 3.05) is 40.5 Å². The molecular formula is C12H26N2O2S. The van der Waals surface area contributed by atoms with Gasteiger partial charge in [-0.25, -0.2) is 0 Å². The number of nitrogens with one attached hydrogen (secondary N) is 2. The maximum absolute atomic E-state index is 5.19. The summed E-state index contributed by atoms with van der Waals surface area (Å²) in [6.45, 7) is 7.64. The van der Waals surface area contributed by atoms with Crippen LogP contribution in [0.25, 0.3) is 0 Å². The second-order valence-corrected chi connectivity index (χ2v) is 5.27. The van der Waals surface area contributed by atoms with E-state index in [2.05, 4.69) is 24.5 Å². The van der Waals surface area contributed by atoms with Crippen LogP contribution in [0.4, 0.5) is 0 Å². The second-order valence-electron chi connectivity index (χ2n) is 4.86. The zero-order chi connectivity index (χ0) is 13.1. The lowest BCUT2D eigenvalue weighted by molar-refractivity contribution is 0.153. The van der Waals surface area contributed by atoms with Crippen molar-refractivity contribution >= 4 is 17.3 Å². The Labute approximate surface area is 110 Å². The molecule has 5 heteroatoms. The van der Waals surface area contributed by atoms with E-state index < -0.39 is 0 Å². The standard InChI is InChI=1S/C12H26N2O2S/c1-12(2,6-9-16-4)10-14-11(17)13-7-5-8-15-3/h5-10H2,1-4H3,(H2,13,14,17). The summed E-state index contributed by atoms with van der Waals surface area (Å²) in [6.07, 6.45) is 1.98. The lowest BCUT2D eigenvalue weighted by Crippen LogP contribution is -2.41. The summed E-state index contributed by atoms with van der Waals surface area (Å²) in [4.78, 5) is 0. The van der Waals surface area contributed by atoms with Crippen molar-refractivity contribution in [2.24, 2.45) is 5.41 Å². The summed E-state index contributed by atoms with van der Waals surface area (Å²) in [5.74, 6) is 0. The van der Waals surface area contributed by atoms with E-state index in [0.29, 0.717) is 5.11 Å². The first-order valence-electron chi connectivity index (χ1n) is 6.01. The van der Waals surface area contributed by atoms with E-state index in [1.165, 1.54) is 0 Å². The van der Waals surface area contributed by atoms with Crippen molar-refractivity contribution in [2.45, 2.75) is 26.7 Å². The second kappa shape index (κ2) is 9.62. The van der Waals surface area contributed by atoms with Crippen LogP contribution in [0.2, 0.25) is 0 Å². The Balaban J connectivity index is 3.60. The van der Waals surface area contributed by atoms with Crippen molar-refractivity contribution in [3.8, 4) is 0 Å². The summed E-state index contributed by atoms with van der Waals surface area (Å²) >= 11 is 5.19. The maximum Gasteiger partial charge on any atom is 0.166 e. The Morgan fingerprint density at radius 2 is 1.76 bits per heavy atom. The molecule has 17 heavy (non-hydrogen) atoms. The molecule has 0 spiro atoms. The van der Waals surface area contributed by atoms with Gasteiger partial charge in [0.2, 0.25) is 0 Å². The number of thiocarbonyl (C=S) groups is 1. The van der Waals surface area contributed by atoms with Crippen molar-refractivity contribution < 1.29 is 9.47 Å². The van der Waals surface area contributed by atoms with E-state index in [9.17, 15) is 0 Å². The highest BCUT2D eigenvalue weighted by Gasteiger charge is 2.17. The van der Waals surface area contributed by atoms with Gasteiger partial charge in [0.25, 0.3) is 0 Å². The Morgan fingerprint density at radius 1 is 1.12 bits per heavy atom. The van der Waals surface area contributed by atoms with Crippen LogP contribution in [0.3, 0.4) is 0 Å². The number of hydrogen-bond acceptors (Lipinski definition) is 3. The van der Waals surface area contributed by atoms with E-state index in [-0.39, 0.29) is 5.41 Å². The van der Waals surface area contributed by atoms with Gasteiger partial charge in [0.1, 0.15) is 0 Å². The summed E-state index contributed by atoms with van der Waals surface area (Å²) < 4.78 is 10.1. The highest BCUT2D eigenvalue weighted by atomic mass is 32.1. The summed E-state index contributed by atoms with van der Waals surface area (Å²) in [5, 5.41) is 7.10. The molecule has 0 saturated carbocycles. The zero-order valence-corrected chi connectivity index (χ0v) is 12.3. The van der Waals surface area contributed by atoms with Gasteiger partial charge in [-0.3, -0.25) is 0 Å². The third-order valence-corrected chi connectivity index (χ3v) is 2.81. The predicted octanol–water partition coefficient (Wildman–Crippen LogP) is 1.55. The van der Waals surface area contributed by atoms with Crippen LogP contribution in [-0.2, 0) is 9.47 Å². The van der Waals surface area contributed by atoms with Gasteiger partial charge in [-0.2, -0.15) is 0 Å². The van der Waals surface area contributed by atoms with Crippen molar-refractivity contribution in [3.05, 3.63) is 0 Å². The van der Waals surface area contributed by atoms with Gasteiger partial charge in [-0.1, -0.05) is 13.8 Å². The van der Waals surface area contributed by atoms with Gasteiger partial charge in [-0.15, -0.1) is 0 Å². The average Bonchev–Trinajstić information content (AvgIpc) is 2.30. The van der Waals surface area contributed by atoms with Crippen molar-refractivity contribution in [1.82, 2.24) is 10.6 Å². The van der Waals surface area contributed by atoms with E-state index in [4.69, 9.17) is 21.7 Å². The van der Waals surface area contributed by atoms with Crippen LogP contribution in [0.15, 0.2) is 0 Å². The van der Waals surface area contributed by atoms with Crippen molar-refractivity contribution in [3.63, 3.8) is 0 Å². The normalized spacial score (nSPS) is 11.3. The lowest BCUT2D eigenvalue weighted by atomic mass is 9.90. The van der Waals surface area contributed by atoms with Gasteiger partial charge in [-0.05, 0) is 30.5 Å². The van der Waals surface area contributed by atoms with Gasteiger partial charge >= 0.3 is 0 Å². The minimum atomic E-state index is 0.189. The monoisotopic (exact) mass is 262 g/mol. The highest BCUT2D eigenvalue weighted by molar-refractivity contribution is 7.80. The SMILES string of the molecule is COCCCNC(=S)NCC(C)(C)CCOC. The molecule has 0 aliphatic rings. The molecule has 102 valence electrons. The molecule has 0 aromatic rings. The molecule has 0 heterocycles. The fourth-order valence-electron chi connectivity index (χ4n) is 1.27. The summed E-state index contributed by atoms with van der Waals surface area (Å²) in [5.41, 5.74) is 0.189. The first kappa shape index (κ1) is 16.6. The zero-order valence-electron chi connectivity index (χ0n) is 11.5. The van der Waals surface area contributed by atoms with Crippen LogP contribution >= 0.6 is 12.2 Å². The molecule has 0 aliphatic heterocycles. The molecule has 4 nitrogen and oxygen atoms in total. The van der Waals surface area contributed by atoms with E-state index >= 15 is 0 Å². The molecule has 0 rings (SSSR count). The molecule has 0 atom stereocenters. The van der Waals surface area contributed by atoms with Crippen LogP contribution in [0.5, 0.6) is 0 Å². The summed E-state index contributed by atoms with van der Waals surface area (Å²) in [6, 6.07) is 0. The van der Waals surface area contributed by atoms with E-state index in [0.717, 1.165) is 39.1 Å². The third kappa shape index (κ3) is 10.5. The minimum Gasteiger partial charge on any atom is -0.385 e. The molecular weight excluding hydrogens is 236 g/mol. The van der Waals surface area contributed by atoms with Crippen molar-refractivity contribution in [1.29, 1.82) is 0 Å². The van der Waals surface area contributed by atoms with E-state index in [1.807, 2.05) is 0 Å². The predicted molar refractivity (Wildman–Crippen MR) is 75.4 cm³/mol. The van der Waals surface area contributed by atoms with Gasteiger partial charge in [0.05, 0.1) is 0 Å². The molecule has 0 bridgehead atoms.